The van der Waals surface area contributed by atoms with Crippen molar-refractivity contribution < 1.29 is 61.9 Å². The largest absolute Gasteiger partial charge is 0.464 e. The molecule has 0 saturated carbocycles. The molecule has 10 atom stereocenters. The molecule has 3 amide bonds. The first-order valence-corrected chi connectivity index (χ1v) is 31.0. The first-order valence-electron chi connectivity index (χ1n) is 31.0. The van der Waals surface area contributed by atoms with Gasteiger partial charge in [0.1, 0.15) is 23.4 Å². The third-order valence-corrected chi connectivity index (χ3v) is 16.7. The number of aliphatic hydroxyl groups is 2. The van der Waals surface area contributed by atoms with Crippen LogP contribution in [0.5, 0.6) is 0 Å². The van der Waals surface area contributed by atoms with Crippen molar-refractivity contribution in [2.45, 2.75) is 129 Å². The third kappa shape index (κ3) is 17.4. The molecule has 0 aliphatic carbocycles. The van der Waals surface area contributed by atoms with E-state index in [9.17, 15) is 24.6 Å². The molecule has 0 radical (unpaired) electrons. The number of fused-ring (bicyclic) bond motifs is 4. The van der Waals surface area contributed by atoms with Gasteiger partial charge in [0.25, 0.3) is 5.91 Å². The molecule has 0 spiro atoms. The van der Waals surface area contributed by atoms with Gasteiger partial charge in [0, 0.05) is 79.8 Å². The van der Waals surface area contributed by atoms with Crippen molar-refractivity contribution in [1.82, 2.24) is 25.8 Å². The number of aliphatic hydroxyl groups excluding tert-OH is 2. The van der Waals surface area contributed by atoms with Crippen LogP contribution in [-0.4, -0.2) is 140 Å². The zero-order chi connectivity index (χ0) is 61.5. The van der Waals surface area contributed by atoms with Crippen molar-refractivity contribution in [3.8, 4) is 0 Å². The van der Waals surface area contributed by atoms with Crippen molar-refractivity contribution in [3.63, 3.8) is 0 Å². The number of furan rings is 2. The summed E-state index contributed by atoms with van der Waals surface area (Å²) in [4.78, 5) is 43.3. The van der Waals surface area contributed by atoms with Crippen LogP contribution in [0.3, 0.4) is 0 Å². The lowest BCUT2D eigenvalue weighted by Crippen LogP contribution is -2.50. The molecule has 4 saturated heterocycles. The van der Waals surface area contributed by atoms with E-state index in [1.165, 1.54) is 0 Å². The second kappa shape index (κ2) is 30.8. The van der Waals surface area contributed by atoms with Crippen LogP contribution in [-0.2, 0) is 67.4 Å². The minimum Gasteiger partial charge on any atom is -0.464 e. The smallest absolute Gasteiger partial charge is 0.407 e. The quantitative estimate of drug-likeness (QED) is 0.0296. The highest BCUT2D eigenvalue weighted by molar-refractivity contribution is 5.94. The topological polar surface area (TPSA) is 242 Å². The molecule has 5 aromatic carbocycles. The maximum atomic E-state index is 13.2. The molecular formula is C69H86N6O13. The van der Waals surface area contributed by atoms with Crippen LogP contribution in [0.1, 0.15) is 84.3 Å². The Labute approximate surface area is 515 Å². The highest BCUT2D eigenvalue weighted by Gasteiger charge is 2.45. The highest BCUT2D eigenvalue weighted by atomic mass is 16.7. The van der Waals surface area contributed by atoms with E-state index < -0.39 is 36.5 Å². The van der Waals surface area contributed by atoms with Crippen molar-refractivity contribution in [2.24, 2.45) is 29.4 Å². The number of hydrogen-bond acceptors (Lipinski definition) is 16. The van der Waals surface area contributed by atoms with Gasteiger partial charge in [-0.3, -0.25) is 14.6 Å². The second-order valence-electron chi connectivity index (χ2n) is 24.6. The number of nitrogens with one attached hydrogen (secondary N) is 3. The third-order valence-electron chi connectivity index (χ3n) is 16.7. The van der Waals surface area contributed by atoms with Crippen LogP contribution < -0.4 is 21.7 Å². The molecule has 6 heterocycles. The second-order valence-corrected chi connectivity index (χ2v) is 24.6. The van der Waals surface area contributed by atoms with Crippen molar-refractivity contribution in [1.29, 1.82) is 0 Å². The molecule has 2 aromatic heterocycles. The predicted molar refractivity (Wildman–Crippen MR) is 332 cm³/mol. The number of ether oxygens (including phenoxy) is 6. The van der Waals surface area contributed by atoms with E-state index in [2.05, 4.69) is 65.6 Å². The number of carbonyl (C=O) groups excluding carboxylic acids is 3. The Kier molecular flexibility index (Phi) is 22.4. The van der Waals surface area contributed by atoms with Crippen molar-refractivity contribution in [2.75, 3.05) is 52.6 Å². The molecule has 7 N–H and O–H groups in total. The average molecular weight is 1210 g/mol. The van der Waals surface area contributed by atoms with Gasteiger partial charge in [-0.1, -0.05) is 119 Å². The molecule has 0 unspecified atom stereocenters. The summed E-state index contributed by atoms with van der Waals surface area (Å²) in [5, 5.41) is 34.1. The molecule has 11 rings (SSSR count). The summed E-state index contributed by atoms with van der Waals surface area (Å²) in [6.45, 7) is 14.7. The predicted octanol–water partition coefficient (Wildman–Crippen LogP) is 9.09. The number of rotatable bonds is 26. The Hall–Kier alpha value is -7.17. The lowest BCUT2D eigenvalue weighted by Gasteiger charge is -2.31. The van der Waals surface area contributed by atoms with Crippen LogP contribution in [0.25, 0.3) is 21.9 Å². The monoisotopic (exact) mass is 1210 g/mol. The summed E-state index contributed by atoms with van der Waals surface area (Å²) in [5.74, 6) is 0.668. The molecular weight excluding hydrogens is 1120 g/mol. The van der Waals surface area contributed by atoms with Gasteiger partial charge in [-0.05, 0) is 96.2 Å². The van der Waals surface area contributed by atoms with Crippen molar-refractivity contribution in [3.05, 3.63) is 179 Å². The van der Waals surface area contributed by atoms with Gasteiger partial charge in [-0.15, -0.1) is 0 Å². The number of amides is 3. The van der Waals surface area contributed by atoms with E-state index in [1.54, 1.807) is 24.7 Å². The minimum atomic E-state index is -0.875. The summed E-state index contributed by atoms with van der Waals surface area (Å²) in [6, 6.07) is 39.9. The minimum absolute atomic E-state index is 0.0305. The maximum Gasteiger partial charge on any atom is 0.407 e. The Balaban J connectivity index is 0.000000198. The highest BCUT2D eigenvalue weighted by Crippen LogP contribution is 2.35. The number of carbonyl (C=O) groups is 3. The van der Waals surface area contributed by atoms with Gasteiger partial charge in [0.05, 0.1) is 75.1 Å². The average Bonchev–Trinajstić information content (AvgIpc) is 3.35. The number of alkyl carbamates (subject to hydrolysis) is 2. The Morgan fingerprint density at radius 2 is 1.01 bits per heavy atom. The molecule has 7 aromatic rings. The molecule has 19 nitrogen and oxygen atoms in total. The molecule has 470 valence electrons. The lowest BCUT2D eigenvalue weighted by atomic mass is 10.00. The molecule has 88 heavy (non-hydrogen) atoms. The van der Waals surface area contributed by atoms with Crippen LogP contribution in [0.4, 0.5) is 9.59 Å². The molecule has 4 aliphatic rings. The van der Waals surface area contributed by atoms with Crippen LogP contribution in [0.15, 0.2) is 149 Å². The fourth-order valence-corrected chi connectivity index (χ4v) is 12.4. The molecule has 4 aliphatic heterocycles. The van der Waals surface area contributed by atoms with Gasteiger partial charge in [0.2, 0.25) is 0 Å². The zero-order valence-corrected chi connectivity index (χ0v) is 50.9. The molecule has 0 bridgehead atoms. The first kappa shape index (κ1) is 63.8. The van der Waals surface area contributed by atoms with E-state index >= 15 is 0 Å². The fourth-order valence-electron chi connectivity index (χ4n) is 12.4. The van der Waals surface area contributed by atoms with E-state index in [4.69, 9.17) is 43.0 Å². The SMILES string of the molecule is CC(C)CN(Cc1ccc2occ(CN)c2c1)C[C@@H](O)[C@H](Cc1ccccc1)NC(=O)O[C@H]1CO[C@H]2OCC[C@H]21.CC(C)CN(Cc1ccc2occ(CNC(=O)c3ccccc3)c2c1)C[C@@H](O)[C@H](Cc1ccccc1)NC(=O)O[C@H]1CO[C@H]2OCC[C@H]21. The Morgan fingerprint density at radius 3 is 1.47 bits per heavy atom. The summed E-state index contributed by atoms with van der Waals surface area (Å²) in [7, 11) is 0. The van der Waals surface area contributed by atoms with Gasteiger partial charge in [-0.2, -0.15) is 0 Å². The standard InChI is InChI=1S/C38H45N3O7.C31H41N3O6/c1-25(2)20-41(21-27-13-14-34-31(17-27)29(23-46-34)19-39-36(43)28-11-7-4-8-12-28)22-33(42)32(18-26-9-5-3-6-10-26)40-38(44)48-35-24-47-37-30(35)15-16-45-37;1-20(2)15-34(16-22-8-9-28-25(12-22)23(14-32)18-38-28)17-27(35)26(13-21-6-4-3-5-7-21)33-31(36)40-29-19-39-30-24(29)10-11-37-30/h3-14,17,23,25,30,32-33,35,37,42H,15-16,18-22,24H2,1-2H3,(H,39,43)(H,40,44);3-9,12,18,20,24,26-27,29-30,35H,10-11,13-17,19,32H2,1-2H3,(H,33,36)/t30-,32-,33+,35-,37+;24-,26-,27+,29-,30+/m00/s1. The zero-order valence-electron chi connectivity index (χ0n) is 50.9. The van der Waals surface area contributed by atoms with Gasteiger partial charge < -0.3 is 69.2 Å². The van der Waals surface area contributed by atoms with E-state index in [1.807, 2.05) is 103 Å². The summed E-state index contributed by atoms with van der Waals surface area (Å²) >= 11 is 0. The Morgan fingerprint density at radius 1 is 0.568 bits per heavy atom. The number of nitrogens with zero attached hydrogens (tertiary/aromatic N) is 2. The van der Waals surface area contributed by atoms with Gasteiger partial charge in [-0.25, -0.2) is 9.59 Å². The van der Waals surface area contributed by atoms with Crippen molar-refractivity contribution >= 4 is 40.0 Å². The van der Waals surface area contributed by atoms with Crippen LogP contribution >= 0.6 is 0 Å². The van der Waals surface area contributed by atoms with Gasteiger partial charge >= 0.3 is 12.2 Å². The first-order chi connectivity index (χ1) is 42.7. The Bertz CT molecular complexity index is 3330. The fraction of sp³-hybridized carbons (Fsp3) is 0.464. The summed E-state index contributed by atoms with van der Waals surface area (Å²) < 4.78 is 45.4. The summed E-state index contributed by atoms with van der Waals surface area (Å²) in [6.07, 6.45) is 1.76. The van der Waals surface area contributed by atoms with Gasteiger partial charge in [0.15, 0.2) is 12.6 Å². The molecule has 19 heteroatoms. The molecule has 4 fully saturated rings. The van der Waals surface area contributed by atoms with Crippen LogP contribution in [0, 0.1) is 23.7 Å². The summed E-state index contributed by atoms with van der Waals surface area (Å²) in [5.41, 5.74) is 14.1. The van der Waals surface area contributed by atoms with E-state index in [-0.39, 0.29) is 42.5 Å². The maximum absolute atomic E-state index is 13.2. The lowest BCUT2D eigenvalue weighted by molar-refractivity contribution is -0.0909. The van der Waals surface area contributed by atoms with E-state index in [0.29, 0.717) is 95.9 Å². The van der Waals surface area contributed by atoms with E-state index in [0.717, 1.165) is 81.3 Å². The number of nitrogens with two attached hydrogens (primary N) is 1. The van der Waals surface area contributed by atoms with Crippen LogP contribution in [0.2, 0.25) is 0 Å². The number of hydrogen-bond donors (Lipinski definition) is 6. The normalized spacial score (nSPS) is 21.0. The number of benzene rings is 5.